The van der Waals surface area contributed by atoms with Crippen LogP contribution in [0.25, 0.3) is 16.4 Å². The van der Waals surface area contributed by atoms with Crippen LogP contribution < -0.4 is 10.9 Å². The van der Waals surface area contributed by atoms with E-state index < -0.39 is 23.5 Å². The molecular formula is C25H23F4N5O2. The molecule has 0 atom stereocenters. The zero-order valence-corrected chi connectivity index (χ0v) is 19.3. The maximum atomic E-state index is 14.1. The number of imidazole rings is 1. The molecule has 3 heterocycles. The first-order chi connectivity index (χ1) is 17.1. The number of nitrogens with one attached hydrogen (secondary N) is 2. The van der Waals surface area contributed by atoms with Gasteiger partial charge in [-0.15, -0.1) is 0 Å². The van der Waals surface area contributed by atoms with Crippen molar-refractivity contribution in [2.45, 2.75) is 51.2 Å². The van der Waals surface area contributed by atoms with Gasteiger partial charge in [0.1, 0.15) is 5.69 Å². The van der Waals surface area contributed by atoms with Crippen molar-refractivity contribution in [2.75, 3.05) is 0 Å². The van der Waals surface area contributed by atoms with E-state index in [4.69, 9.17) is 0 Å². The molecule has 4 aromatic rings. The van der Waals surface area contributed by atoms with Crippen molar-refractivity contribution in [1.82, 2.24) is 24.9 Å². The van der Waals surface area contributed by atoms with Crippen LogP contribution in [-0.2, 0) is 12.6 Å². The van der Waals surface area contributed by atoms with Crippen LogP contribution in [-0.4, -0.2) is 31.5 Å². The second kappa shape index (κ2) is 8.72. The van der Waals surface area contributed by atoms with E-state index in [2.05, 4.69) is 27.4 Å². The van der Waals surface area contributed by atoms with Crippen molar-refractivity contribution in [2.24, 2.45) is 5.41 Å². The minimum atomic E-state index is -4.76. The van der Waals surface area contributed by atoms with E-state index in [-0.39, 0.29) is 28.4 Å². The monoisotopic (exact) mass is 501 g/mol. The van der Waals surface area contributed by atoms with E-state index in [1.165, 1.54) is 0 Å². The molecule has 0 bridgehead atoms. The van der Waals surface area contributed by atoms with Gasteiger partial charge >= 0.3 is 6.18 Å². The molecule has 0 spiro atoms. The number of fused-ring (bicyclic) bond motifs is 2. The summed E-state index contributed by atoms with van der Waals surface area (Å²) in [5.41, 5.74) is -1.17. The summed E-state index contributed by atoms with van der Waals surface area (Å²) in [6, 6.07) is 7.49. The summed E-state index contributed by atoms with van der Waals surface area (Å²) in [6.07, 6.45) is 0.702. The van der Waals surface area contributed by atoms with Crippen molar-refractivity contribution < 1.29 is 22.4 Å². The van der Waals surface area contributed by atoms with Crippen molar-refractivity contribution in [3.05, 3.63) is 75.8 Å². The van der Waals surface area contributed by atoms with Crippen LogP contribution in [0.15, 0.2) is 47.5 Å². The number of pyridine rings is 1. The van der Waals surface area contributed by atoms with Gasteiger partial charge in [0, 0.05) is 17.6 Å². The van der Waals surface area contributed by atoms with Crippen LogP contribution in [0.5, 0.6) is 0 Å². The molecule has 188 valence electrons. The van der Waals surface area contributed by atoms with E-state index in [0.29, 0.717) is 36.9 Å². The Labute approximate surface area is 202 Å². The molecule has 0 saturated heterocycles. The molecule has 36 heavy (non-hydrogen) atoms. The summed E-state index contributed by atoms with van der Waals surface area (Å²) in [7, 11) is 0. The Kier molecular flexibility index (Phi) is 5.80. The Hall–Kier alpha value is -3.76. The van der Waals surface area contributed by atoms with Gasteiger partial charge in [0.05, 0.1) is 22.8 Å². The summed E-state index contributed by atoms with van der Waals surface area (Å²) >= 11 is 0. The predicted molar refractivity (Wildman–Crippen MR) is 124 cm³/mol. The highest BCUT2D eigenvalue weighted by molar-refractivity contribution is 5.93. The third-order valence-electron chi connectivity index (χ3n) is 7.23. The quantitative estimate of drug-likeness (QED) is 0.376. The van der Waals surface area contributed by atoms with Gasteiger partial charge in [-0.1, -0.05) is 31.5 Å². The van der Waals surface area contributed by atoms with Crippen molar-refractivity contribution in [1.29, 1.82) is 0 Å². The predicted octanol–water partition coefficient (Wildman–Crippen LogP) is 4.65. The Balaban J connectivity index is 1.27. The molecule has 5 rings (SSSR count). The number of halogens is 4. The average Bonchev–Trinajstić information content (AvgIpc) is 3.26. The molecular weight excluding hydrogens is 478 g/mol. The number of aryl methyl sites for hydroxylation is 1. The molecule has 7 nitrogen and oxygen atoms in total. The normalized spacial score (nSPS) is 20.0. The number of H-pyrrole nitrogens is 1. The smallest absolute Gasteiger partial charge is 0.348 e. The Morgan fingerprint density at radius 3 is 2.67 bits per heavy atom. The van der Waals surface area contributed by atoms with Crippen molar-refractivity contribution in [3.8, 4) is 0 Å². The van der Waals surface area contributed by atoms with Crippen molar-refractivity contribution >= 4 is 22.3 Å². The number of carbonyl (C=O) groups is 1. The minimum absolute atomic E-state index is 0.0358. The van der Waals surface area contributed by atoms with Gasteiger partial charge in [0.15, 0.2) is 11.5 Å². The van der Waals surface area contributed by atoms with E-state index in [1.54, 1.807) is 12.1 Å². The van der Waals surface area contributed by atoms with Crippen LogP contribution in [0.4, 0.5) is 17.6 Å². The summed E-state index contributed by atoms with van der Waals surface area (Å²) in [6.45, 7) is 2.07. The van der Waals surface area contributed by atoms with Gasteiger partial charge in [-0.25, -0.2) is 14.5 Å². The molecule has 2 N–H and O–H groups in total. The molecule has 0 aliphatic heterocycles. The van der Waals surface area contributed by atoms with Gasteiger partial charge < -0.3 is 5.32 Å². The second-order valence-corrected chi connectivity index (χ2v) is 9.39. The largest absolute Gasteiger partial charge is 0.417 e. The SMILES string of the molecule is CC[C@]1(CCc2n[nH]c(=O)c3ccccc23)C[C@H](NC(=O)c2cnc3c(F)cc(C(F)(F)F)cn23)C1. The lowest BCUT2D eigenvalue weighted by Crippen LogP contribution is -2.51. The molecule has 1 amide bonds. The lowest BCUT2D eigenvalue weighted by molar-refractivity contribution is -0.138. The summed E-state index contributed by atoms with van der Waals surface area (Å²) in [5, 5.41) is 11.0. The lowest BCUT2D eigenvalue weighted by atomic mass is 9.61. The number of alkyl halides is 3. The van der Waals surface area contributed by atoms with E-state index in [0.717, 1.165) is 34.5 Å². The van der Waals surface area contributed by atoms with Crippen LogP contribution in [0.1, 0.15) is 54.4 Å². The van der Waals surface area contributed by atoms with Crippen LogP contribution in [0.3, 0.4) is 0 Å². The number of hydrogen-bond donors (Lipinski definition) is 2. The number of rotatable bonds is 6. The van der Waals surface area contributed by atoms with Gasteiger partial charge in [-0.2, -0.15) is 18.3 Å². The Morgan fingerprint density at radius 1 is 1.25 bits per heavy atom. The standard InChI is InChI=1S/C25H23F4N5O2/c1-2-24(8-7-19-16-5-3-4-6-17(16)22(35)33-32-19)10-15(11-24)31-23(36)20-12-30-21-18(26)9-14(13-34(20)21)25(27,28)29/h3-6,9,12-13,15H,2,7-8,10-11H2,1H3,(H,31,36)(H,33,35)/t15-,24-. The summed E-state index contributed by atoms with van der Waals surface area (Å²) in [5.74, 6) is -1.76. The Morgan fingerprint density at radius 2 is 1.97 bits per heavy atom. The molecule has 1 aromatic carbocycles. The number of aromatic nitrogens is 4. The van der Waals surface area contributed by atoms with E-state index in [9.17, 15) is 27.2 Å². The summed E-state index contributed by atoms with van der Waals surface area (Å²) in [4.78, 5) is 28.6. The number of hydrogen-bond acceptors (Lipinski definition) is 4. The number of nitrogens with zero attached hydrogens (tertiary/aromatic N) is 3. The van der Waals surface area contributed by atoms with Gasteiger partial charge in [-0.3, -0.25) is 14.0 Å². The highest BCUT2D eigenvalue weighted by Gasteiger charge is 2.43. The molecule has 1 saturated carbocycles. The fourth-order valence-corrected chi connectivity index (χ4v) is 5.13. The van der Waals surface area contributed by atoms with Crippen LogP contribution >= 0.6 is 0 Å². The zero-order chi connectivity index (χ0) is 25.7. The number of benzene rings is 1. The second-order valence-electron chi connectivity index (χ2n) is 9.39. The molecule has 0 unspecified atom stereocenters. The minimum Gasteiger partial charge on any atom is -0.348 e. The van der Waals surface area contributed by atoms with E-state index >= 15 is 0 Å². The average molecular weight is 501 g/mol. The molecule has 11 heteroatoms. The molecule has 1 aliphatic rings. The van der Waals surface area contributed by atoms with Gasteiger partial charge in [0.2, 0.25) is 0 Å². The maximum Gasteiger partial charge on any atom is 0.417 e. The van der Waals surface area contributed by atoms with Crippen molar-refractivity contribution in [3.63, 3.8) is 0 Å². The lowest BCUT2D eigenvalue weighted by Gasteiger charge is -2.48. The number of amides is 1. The third-order valence-corrected chi connectivity index (χ3v) is 7.23. The molecule has 1 fully saturated rings. The maximum absolute atomic E-state index is 14.1. The van der Waals surface area contributed by atoms with Crippen LogP contribution in [0, 0.1) is 11.2 Å². The zero-order valence-electron chi connectivity index (χ0n) is 19.3. The molecule has 1 aliphatic carbocycles. The molecule has 0 radical (unpaired) electrons. The molecule has 3 aromatic heterocycles. The summed E-state index contributed by atoms with van der Waals surface area (Å²) < 4.78 is 54.3. The first-order valence-electron chi connectivity index (χ1n) is 11.6. The third kappa shape index (κ3) is 4.22. The fraction of sp³-hybridized carbons (Fsp3) is 0.360. The Bertz CT molecular complexity index is 1520. The van der Waals surface area contributed by atoms with Gasteiger partial charge in [0.25, 0.3) is 11.5 Å². The topological polar surface area (TPSA) is 92.1 Å². The first kappa shape index (κ1) is 24.0. The fourth-order valence-electron chi connectivity index (χ4n) is 5.13. The number of carbonyl (C=O) groups excluding carboxylic acids is 1. The highest BCUT2D eigenvalue weighted by atomic mass is 19.4. The first-order valence-corrected chi connectivity index (χ1v) is 11.6. The number of aromatic amines is 1. The van der Waals surface area contributed by atoms with Gasteiger partial charge in [-0.05, 0) is 43.2 Å². The van der Waals surface area contributed by atoms with E-state index in [1.807, 2.05) is 12.1 Å². The highest BCUT2D eigenvalue weighted by Crippen LogP contribution is 2.47. The van der Waals surface area contributed by atoms with Crippen LogP contribution in [0.2, 0.25) is 0 Å².